The number of rotatable bonds is 5. The van der Waals surface area contributed by atoms with Gasteiger partial charge in [-0.1, -0.05) is 18.2 Å². The highest BCUT2D eigenvalue weighted by Crippen LogP contribution is 2.49. The van der Waals surface area contributed by atoms with Crippen LogP contribution >= 0.6 is 31.9 Å². The highest BCUT2D eigenvalue weighted by Gasteiger charge is 2.36. The lowest BCUT2D eigenvalue weighted by atomic mass is 10.1. The molecule has 0 aromatic heterocycles. The van der Waals surface area contributed by atoms with Crippen LogP contribution in [0.25, 0.3) is 0 Å². The summed E-state index contributed by atoms with van der Waals surface area (Å²) in [4.78, 5) is 11.3. The van der Waals surface area contributed by atoms with Gasteiger partial charge in [-0.15, -0.1) is 0 Å². The topological polar surface area (TPSA) is 26.3 Å². The number of halogens is 2. The lowest BCUT2D eigenvalue weighted by Crippen LogP contribution is -1.99. The molecule has 21 heavy (non-hydrogen) atoms. The van der Waals surface area contributed by atoms with E-state index in [1.165, 1.54) is 11.6 Å². The molecule has 112 valence electrons. The zero-order valence-electron chi connectivity index (χ0n) is 12.1. The van der Waals surface area contributed by atoms with Gasteiger partial charge in [-0.3, -0.25) is 0 Å². The van der Waals surface area contributed by atoms with Crippen molar-refractivity contribution in [1.29, 1.82) is 0 Å². The van der Waals surface area contributed by atoms with Gasteiger partial charge >= 0.3 is 5.97 Å². The van der Waals surface area contributed by atoms with Gasteiger partial charge in [-0.2, -0.15) is 0 Å². The highest BCUT2D eigenvalue weighted by molar-refractivity contribution is 9.13. The highest BCUT2D eigenvalue weighted by atomic mass is 79.9. The van der Waals surface area contributed by atoms with E-state index in [2.05, 4.69) is 56.1 Å². The van der Waals surface area contributed by atoms with Gasteiger partial charge in [0.05, 0.1) is 6.61 Å². The fraction of sp³-hybridized carbons (Fsp3) is 0.353. The Labute approximate surface area is 142 Å². The summed E-state index contributed by atoms with van der Waals surface area (Å²) in [7, 11) is 0. The van der Waals surface area contributed by atoms with E-state index in [0.717, 1.165) is 20.9 Å². The first-order chi connectivity index (χ1) is 10.0. The first-order valence-electron chi connectivity index (χ1n) is 6.99. The molecule has 0 heterocycles. The van der Waals surface area contributed by atoms with Gasteiger partial charge in [0.25, 0.3) is 0 Å². The lowest BCUT2D eigenvalue weighted by molar-refractivity contribution is -0.137. The number of ether oxygens (including phenoxy) is 1. The molecule has 1 aromatic carbocycles. The van der Waals surface area contributed by atoms with E-state index in [4.69, 9.17) is 4.74 Å². The third kappa shape index (κ3) is 4.82. The molecule has 2 unspecified atom stereocenters. The minimum atomic E-state index is -0.274. The Kier molecular flexibility index (Phi) is 5.82. The molecule has 4 heteroatoms. The molecule has 2 rings (SSSR count). The minimum absolute atomic E-state index is 0.274. The summed E-state index contributed by atoms with van der Waals surface area (Å²) < 4.78 is 7.06. The van der Waals surface area contributed by atoms with Crippen LogP contribution in [-0.4, -0.2) is 12.6 Å². The number of allylic oxidation sites excluding steroid dienone is 3. The van der Waals surface area contributed by atoms with Gasteiger partial charge in [0.2, 0.25) is 0 Å². The maximum atomic E-state index is 11.3. The molecule has 2 atom stereocenters. The zero-order valence-corrected chi connectivity index (χ0v) is 15.3. The Balaban J connectivity index is 1.93. The lowest BCUT2D eigenvalue weighted by Gasteiger charge is -2.01. The van der Waals surface area contributed by atoms with Gasteiger partial charge in [0.15, 0.2) is 0 Å². The first kappa shape index (κ1) is 16.5. The van der Waals surface area contributed by atoms with E-state index < -0.39 is 0 Å². The van der Waals surface area contributed by atoms with Crippen LogP contribution in [0.5, 0.6) is 0 Å². The van der Waals surface area contributed by atoms with E-state index in [-0.39, 0.29) is 5.97 Å². The Hall–Kier alpha value is -0.870. The maximum Gasteiger partial charge on any atom is 0.330 e. The van der Waals surface area contributed by atoms with Gasteiger partial charge in [0, 0.05) is 15.0 Å². The molecule has 0 amide bonds. The Morgan fingerprint density at radius 1 is 1.38 bits per heavy atom. The number of benzene rings is 1. The Bertz CT molecular complexity index is 590. The third-order valence-corrected chi connectivity index (χ3v) is 5.33. The summed E-state index contributed by atoms with van der Waals surface area (Å²) in [5.41, 5.74) is 2.28. The second-order valence-electron chi connectivity index (χ2n) is 5.18. The van der Waals surface area contributed by atoms with Crippen molar-refractivity contribution in [2.45, 2.75) is 26.2 Å². The average molecular weight is 414 g/mol. The summed E-state index contributed by atoms with van der Waals surface area (Å²) in [6, 6.07) is 6.41. The molecule has 2 nitrogen and oxygen atoms in total. The van der Waals surface area contributed by atoms with Crippen LogP contribution < -0.4 is 0 Å². The standard InChI is InChI=1S/C17H18Br2O2/c1-3-21-17(20)8-11(2)4-5-12-9-14(12)13-6-7-15(18)16(19)10-13/h4-8,10,12,14H,3,9H2,1-2H3. The monoisotopic (exact) mass is 412 g/mol. The molecule has 1 fully saturated rings. The molecular formula is C17H18Br2O2. The largest absolute Gasteiger partial charge is 0.463 e. The summed E-state index contributed by atoms with van der Waals surface area (Å²) in [5, 5.41) is 0. The van der Waals surface area contributed by atoms with E-state index in [1.807, 2.05) is 19.9 Å². The number of hydrogen-bond acceptors (Lipinski definition) is 2. The summed E-state index contributed by atoms with van der Waals surface area (Å²) in [6.07, 6.45) is 6.89. The van der Waals surface area contributed by atoms with Crippen molar-refractivity contribution in [2.75, 3.05) is 6.61 Å². The van der Waals surface area contributed by atoms with Crippen LogP contribution in [0, 0.1) is 5.92 Å². The van der Waals surface area contributed by atoms with Crippen LogP contribution in [0.3, 0.4) is 0 Å². The fourth-order valence-electron chi connectivity index (χ4n) is 2.25. The summed E-state index contributed by atoms with van der Waals surface area (Å²) in [5.74, 6) is 0.869. The van der Waals surface area contributed by atoms with Crippen molar-refractivity contribution in [3.05, 3.63) is 56.5 Å². The molecular weight excluding hydrogens is 396 g/mol. The van der Waals surface area contributed by atoms with Crippen LogP contribution in [0.15, 0.2) is 50.9 Å². The Morgan fingerprint density at radius 2 is 2.14 bits per heavy atom. The number of carbonyl (C=O) groups is 1. The fourth-order valence-corrected chi connectivity index (χ4v) is 2.89. The van der Waals surface area contributed by atoms with Crippen LogP contribution in [0.1, 0.15) is 31.7 Å². The van der Waals surface area contributed by atoms with Crippen molar-refractivity contribution in [2.24, 2.45) is 5.92 Å². The molecule has 0 saturated heterocycles. The molecule has 0 spiro atoms. The van der Waals surface area contributed by atoms with E-state index >= 15 is 0 Å². The molecule has 0 bridgehead atoms. The number of hydrogen-bond donors (Lipinski definition) is 0. The third-order valence-electron chi connectivity index (χ3n) is 3.45. The SMILES string of the molecule is CCOC(=O)C=C(C)C=CC1CC1c1ccc(Br)c(Br)c1. The van der Waals surface area contributed by atoms with Crippen molar-refractivity contribution in [3.63, 3.8) is 0 Å². The number of carbonyl (C=O) groups excluding carboxylic acids is 1. The van der Waals surface area contributed by atoms with Crippen LogP contribution in [0.2, 0.25) is 0 Å². The predicted molar refractivity (Wildman–Crippen MR) is 92.2 cm³/mol. The van der Waals surface area contributed by atoms with Crippen molar-refractivity contribution < 1.29 is 9.53 Å². The minimum Gasteiger partial charge on any atom is -0.463 e. The normalized spacial score (nSPS) is 21.6. The zero-order chi connectivity index (χ0) is 15.4. The molecule has 1 aliphatic rings. The second kappa shape index (κ2) is 7.41. The molecule has 1 aliphatic carbocycles. The molecule has 0 N–H and O–H groups in total. The van der Waals surface area contributed by atoms with Gasteiger partial charge < -0.3 is 4.74 Å². The van der Waals surface area contributed by atoms with Gasteiger partial charge in [-0.05, 0) is 87.2 Å². The second-order valence-corrected chi connectivity index (χ2v) is 6.89. The molecule has 0 aliphatic heterocycles. The van der Waals surface area contributed by atoms with Crippen molar-refractivity contribution >= 4 is 37.8 Å². The van der Waals surface area contributed by atoms with Gasteiger partial charge in [-0.25, -0.2) is 4.79 Å². The van der Waals surface area contributed by atoms with E-state index in [0.29, 0.717) is 18.4 Å². The maximum absolute atomic E-state index is 11.3. The smallest absolute Gasteiger partial charge is 0.330 e. The first-order valence-corrected chi connectivity index (χ1v) is 8.58. The van der Waals surface area contributed by atoms with Crippen molar-refractivity contribution in [1.82, 2.24) is 0 Å². The summed E-state index contributed by atoms with van der Waals surface area (Å²) >= 11 is 7.03. The quantitative estimate of drug-likeness (QED) is 0.368. The van der Waals surface area contributed by atoms with E-state index in [9.17, 15) is 4.79 Å². The number of esters is 1. The Morgan fingerprint density at radius 3 is 2.81 bits per heavy atom. The predicted octanol–water partition coefficient (Wildman–Crippen LogP) is 5.38. The molecule has 1 aromatic rings. The molecule has 0 radical (unpaired) electrons. The summed E-state index contributed by atoms with van der Waals surface area (Å²) in [6.45, 7) is 4.14. The van der Waals surface area contributed by atoms with Gasteiger partial charge in [0.1, 0.15) is 0 Å². The van der Waals surface area contributed by atoms with E-state index in [1.54, 1.807) is 0 Å². The molecule has 1 saturated carbocycles. The van der Waals surface area contributed by atoms with Crippen molar-refractivity contribution in [3.8, 4) is 0 Å². The average Bonchev–Trinajstić information content (AvgIpc) is 3.19. The van der Waals surface area contributed by atoms with Crippen LogP contribution in [-0.2, 0) is 9.53 Å². The van der Waals surface area contributed by atoms with Crippen LogP contribution in [0.4, 0.5) is 0 Å².